The summed E-state index contributed by atoms with van der Waals surface area (Å²) >= 11 is 0. The fraction of sp³-hybridized carbons (Fsp3) is 0.250. The lowest BCUT2D eigenvalue weighted by Gasteiger charge is -2.16. The number of aliphatic hydroxyl groups is 1. The molecule has 0 heterocycles. The Kier molecular flexibility index (Phi) is 8.48. The molecular formula is C20H22N2O6. The van der Waals surface area contributed by atoms with Crippen molar-refractivity contribution in [3.63, 3.8) is 0 Å². The van der Waals surface area contributed by atoms with Crippen molar-refractivity contribution in [2.45, 2.75) is 19.3 Å². The number of amides is 2. The molecule has 8 nitrogen and oxygen atoms in total. The molecule has 1 atom stereocenters. The predicted octanol–water partition coefficient (Wildman–Crippen LogP) is 1.13. The van der Waals surface area contributed by atoms with Gasteiger partial charge in [-0.1, -0.05) is 60.7 Å². The quantitative estimate of drug-likeness (QED) is 0.557. The average Bonchev–Trinajstić information content (AvgIpc) is 2.74. The summed E-state index contributed by atoms with van der Waals surface area (Å²) in [6.45, 7) is -0.921. The van der Waals surface area contributed by atoms with Crippen LogP contribution in [0.3, 0.4) is 0 Å². The predicted molar refractivity (Wildman–Crippen MR) is 99.9 cm³/mol. The van der Waals surface area contributed by atoms with Crippen molar-refractivity contribution in [2.24, 2.45) is 0 Å². The Morgan fingerprint density at radius 3 is 1.93 bits per heavy atom. The molecule has 0 aliphatic carbocycles. The molecule has 0 fully saturated rings. The van der Waals surface area contributed by atoms with Gasteiger partial charge in [0.05, 0.1) is 6.61 Å². The summed E-state index contributed by atoms with van der Waals surface area (Å²) in [5, 5.41) is 13.8. The smallest absolute Gasteiger partial charge is 0.408 e. The summed E-state index contributed by atoms with van der Waals surface area (Å²) in [5.74, 6) is -1.36. The van der Waals surface area contributed by atoms with E-state index in [1.807, 2.05) is 24.3 Å². The zero-order valence-corrected chi connectivity index (χ0v) is 15.2. The first-order valence-corrected chi connectivity index (χ1v) is 8.64. The van der Waals surface area contributed by atoms with E-state index in [-0.39, 0.29) is 19.8 Å². The molecule has 0 spiro atoms. The molecule has 2 amide bonds. The molecule has 2 aromatic carbocycles. The van der Waals surface area contributed by atoms with E-state index in [0.29, 0.717) is 0 Å². The van der Waals surface area contributed by atoms with Gasteiger partial charge in [0, 0.05) is 0 Å². The lowest BCUT2D eigenvalue weighted by molar-refractivity contribution is -0.145. The maximum atomic E-state index is 12.0. The molecule has 2 rings (SSSR count). The second kappa shape index (κ2) is 11.3. The van der Waals surface area contributed by atoms with Crippen molar-refractivity contribution in [3.05, 3.63) is 71.8 Å². The van der Waals surface area contributed by atoms with Crippen LogP contribution in [-0.2, 0) is 32.3 Å². The van der Waals surface area contributed by atoms with Gasteiger partial charge in [0.1, 0.15) is 25.8 Å². The van der Waals surface area contributed by atoms with Crippen molar-refractivity contribution in [2.75, 3.05) is 13.2 Å². The number of nitrogens with one attached hydrogen (secondary N) is 2. The lowest BCUT2D eigenvalue weighted by Crippen LogP contribution is -2.50. The van der Waals surface area contributed by atoms with Crippen molar-refractivity contribution in [1.82, 2.24) is 10.6 Å². The van der Waals surface area contributed by atoms with Gasteiger partial charge in [0.15, 0.2) is 0 Å². The first kappa shape index (κ1) is 20.9. The molecule has 0 aromatic heterocycles. The molecule has 0 unspecified atom stereocenters. The molecule has 0 aliphatic heterocycles. The van der Waals surface area contributed by atoms with E-state index in [4.69, 9.17) is 9.47 Å². The molecule has 3 N–H and O–H groups in total. The number of benzene rings is 2. The molecule has 0 radical (unpaired) electrons. The Hall–Kier alpha value is -3.39. The first-order chi connectivity index (χ1) is 13.6. The summed E-state index contributed by atoms with van der Waals surface area (Å²) in [5.41, 5.74) is 1.60. The number of carbonyl (C=O) groups excluding carboxylic acids is 3. The van der Waals surface area contributed by atoms with Crippen LogP contribution in [0.2, 0.25) is 0 Å². The Morgan fingerprint density at radius 2 is 1.39 bits per heavy atom. The summed E-state index contributed by atoms with van der Waals surface area (Å²) < 4.78 is 10.0. The van der Waals surface area contributed by atoms with Crippen LogP contribution >= 0.6 is 0 Å². The van der Waals surface area contributed by atoms with Crippen LogP contribution in [-0.4, -0.2) is 42.3 Å². The van der Waals surface area contributed by atoms with Crippen LogP contribution in [0.4, 0.5) is 4.79 Å². The minimum atomic E-state index is -1.25. The molecule has 0 saturated carbocycles. The summed E-state index contributed by atoms with van der Waals surface area (Å²) in [6.07, 6.45) is -0.857. The first-order valence-electron chi connectivity index (χ1n) is 8.64. The van der Waals surface area contributed by atoms with Gasteiger partial charge in [0.2, 0.25) is 5.91 Å². The number of hydrogen-bond acceptors (Lipinski definition) is 6. The number of aliphatic hydroxyl groups excluding tert-OH is 1. The summed E-state index contributed by atoms with van der Waals surface area (Å²) in [6, 6.07) is 16.9. The van der Waals surface area contributed by atoms with Crippen molar-refractivity contribution in [3.8, 4) is 0 Å². The van der Waals surface area contributed by atoms with Crippen molar-refractivity contribution >= 4 is 18.0 Å². The van der Waals surface area contributed by atoms with Crippen LogP contribution in [0.25, 0.3) is 0 Å². The van der Waals surface area contributed by atoms with Crippen LogP contribution in [0.5, 0.6) is 0 Å². The molecule has 28 heavy (non-hydrogen) atoms. The van der Waals surface area contributed by atoms with E-state index in [9.17, 15) is 19.5 Å². The SMILES string of the molecule is O=C(CNC(=O)[C@@H](CO)NC(=O)OCc1ccccc1)OCc1ccccc1. The van der Waals surface area contributed by atoms with E-state index < -0.39 is 30.6 Å². The molecule has 0 aliphatic rings. The Balaban J connectivity index is 1.69. The van der Waals surface area contributed by atoms with E-state index in [0.717, 1.165) is 11.1 Å². The van der Waals surface area contributed by atoms with Gasteiger partial charge in [0.25, 0.3) is 0 Å². The molecule has 0 saturated heterocycles. The van der Waals surface area contributed by atoms with E-state index in [1.165, 1.54) is 0 Å². The van der Waals surface area contributed by atoms with Gasteiger partial charge in [-0.15, -0.1) is 0 Å². The third-order valence-corrected chi connectivity index (χ3v) is 3.65. The highest BCUT2D eigenvalue weighted by molar-refractivity contribution is 5.88. The average molecular weight is 386 g/mol. The molecule has 8 heteroatoms. The van der Waals surface area contributed by atoms with Gasteiger partial charge in [-0.05, 0) is 11.1 Å². The Morgan fingerprint density at radius 1 is 0.857 bits per heavy atom. The summed E-state index contributed by atoms with van der Waals surface area (Å²) in [4.78, 5) is 35.5. The minimum Gasteiger partial charge on any atom is -0.460 e. The van der Waals surface area contributed by atoms with Gasteiger partial charge in [-0.2, -0.15) is 0 Å². The topological polar surface area (TPSA) is 114 Å². The summed E-state index contributed by atoms with van der Waals surface area (Å²) in [7, 11) is 0. The molecule has 148 valence electrons. The number of hydrogen-bond donors (Lipinski definition) is 3. The Labute approximate surface area is 162 Å². The number of alkyl carbamates (subject to hydrolysis) is 1. The number of carbonyl (C=O) groups is 3. The van der Waals surface area contributed by atoms with Crippen LogP contribution in [0.1, 0.15) is 11.1 Å². The molecule has 2 aromatic rings. The number of esters is 1. The second-order valence-electron chi connectivity index (χ2n) is 5.81. The highest BCUT2D eigenvalue weighted by Gasteiger charge is 2.21. The lowest BCUT2D eigenvalue weighted by atomic mass is 10.2. The van der Waals surface area contributed by atoms with Crippen LogP contribution < -0.4 is 10.6 Å². The largest absolute Gasteiger partial charge is 0.460 e. The fourth-order valence-corrected chi connectivity index (χ4v) is 2.17. The van der Waals surface area contributed by atoms with E-state index in [1.54, 1.807) is 36.4 Å². The molecule has 0 bridgehead atoms. The fourth-order valence-electron chi connectivity index (χ4n) is 2.17. The highest BCUT2D eigenvalue weighted by atomic mass is 16.5. The minimum absolute atomic E-state index is 0.0260. The normalized spacial score (nSPS) is 11.2. The standard InChI is InChI=1S/C20H22N2O6/c23-12-17(22-20(26)28-14-16-9-5-2-6-10-16)19(25)21-11-18(24)27-13-15-7-3-1-4-8-15/h1-10,17,23H,11-14H2,(H,21,25)(H,22,26)/t17-/m1/s1. The zero-order chi connectivity index (χ0) is 20.2. The van der Waals surface area contributed by atoms with Gasteiger partial charge in [-0.3, -0.25) is 9.59 Å². The second-order valence-corrected chi connectivity index (χ2v) is 5.81. The molecular weight excluding hydrogens is 364 g/mol. The zero-order valence-electron chi connectivity index (χ0n) is 15.2. The van der Waals surface area contributed by atoms with E-state index >= 15 is 0 Å². The van der Waals surface area contributed by atoms with Crippen molar-refractivity contribution in [1.29, 1.82) is 0 Å². The van der Waals surface area contributed by atoms with Crippen LogP contribution in [0.15, 0.2) is 60.7 Å². The van der Waals surface area contributed by atoms with Crippen LogP contribution in [0, 0.1) is 0 Å². The number of ether oxygens (including phenoxy) is 2. The maximum absolute atomic E-state index is 12.0. The van der Waals surface area contributed by atoms with Crippen molar-refractivity contribution < 1.29 is 29.0 Å². The van der Waals surface area contributed by atoms with Gasteiger partial charge < -0.3 is 25.2 Å². The maximum Gasteiger partial charge on any atom is 0.408 e. The Bertz CT molecular complexity index is 767. The third kappa shape index (κ3) is 7.46. The van der Waals surface area contributed by atoms with Gasteiger partial charge >= 0.3 is 12.1 Å². The highest BCUT2D eigenvalue weighted by Crippen LogP contribution is 2.01. The third-order valence-electron chi connectivity index (χ3n) is 3.65. The monoisotopic (exact) mass is 386 g/mol. The van der Waals surface area contributed by atoms with E-state index in [2.05, 4.69) is 10.6 Å². The number of rotatable bonds is 9. The van der Waals surface area contributed by atoms with Gasteiger partial charge in [-0.25, -0.2) is 4.79 Å².